The summed E-state index contributed by atoms with van der Waals surface area (Å²) in [4.78, 5) is 24.7. The van der Waals surface area contributed by atoms with Gasteiger partial charge in [0.15, 0.2) is 0 Å². The summed E-state index contributed by atoms with van der Waals surface area (Å²) in [5.41, 5.74) is 2.90. The summed E-state index contributed by atoms with van der Waals surface area (Å²) in [6.45, 7) is 2.41. The average molecular weight is 428 g/mol. The van der Waals surface area contributed by atoms with Crippen LogP contribution in [0.25, 0.3) is 0 Å². The highest BCUT2D eigenvalue weighted by Crippen LogP contribution is 2.23. The number of esters is 1. The Balaban J connectivity index is 1.75. The maximum atomic E-state index is 12.8. The van der Waals surface area contributed by atoms with E-state index in [0.29, 0.717) is 23.6 Å². The molecule has 0 unspecified atom stereocenters. The standard InChI is InChI=1S/C22H22ClN3O4/c1-14-19(20(23)26(25-14)13-15-7-5-4-6-8-15)21(27)24-12-16-9-10-18(29-2)17(11-16)22(28)30-3/h4-11H,12-13H2,1-3H3,(H,24,27). The number of amides is 1. The van der Waals surface area contributed by atoms with Gasteiger partial charge >= 0.3 is 5.97 Å². The zero-order valence-corrected chi connectivity index (χ0v) is 17.7. The summed E-state index contributed by atoms with van der Waals surface area (Å²) in [5, 5.41) is 7.50. The Bertz CT molecular complexity index is 1060. The van der Waals surface area contributed by atoms with Crippen LogP contribution in [-0.2, 0) is 17.8 Å². The average Bonchev–Trinajstić information content (AvgIpc) is 3.04. The molecule has 0 fully saturated rings. The van der Waals surface area contributed by atoms with Gasteiger partial charge in [-0.25, -0.2) is 9.48 Å². The van der Waals surface area contributed by atoms with Crippen molar-refractivity contribution in [1.82, 2.24) is 15.1 Å². The molecular formula is C22H22ClN3O4. The molecular weight excluding hydrogens is 406 g/mol. The van der Waals surface area contributed by atoms with Crippen LogP contribution in [0.3, 0.4) is 0 Å². The number of nitrogens with zero attached hydrogens (tertiary/aromatic N) is 2. The molecule has 0 saturated heterocycles. The zero-order valence-electron chi connectivity index (χ0n) is 16.9. The lowest BCUT2D eigenvalue weighted by atomic mass is 10.1. The molecule has 0 saturated carbocycles. The number of hydrogen-bond donors (Lipinski definition) is 1. The number of benzene rings is 2. The van der Waals surface area contributed by atoms with Crippen molar-refractivity contribution in [1.29, 1.82) is 0 Å². The van der Waals surface area contributed by atoms with Crippen molar-refractivity contribution in [3.63, 3.8) is 0 Å². The van der Waals surface area contributed by atoms with Crippen molar-refractivity contribution in [3.05, 3.63) is 81.6 Å². The van der Waals surface area contributed by atoms with Crippen molar-refractivity contribution in [2.45, 2.75) is 20.0 Å². The van der Waals surface area contributed by atoms with E-state index in [4.69, 9.17) is 21.1 Å². The highest BCUT2D eigenvalue weighted by Gasteiger charge is 2.21. The van der Waals surface area contributed by atoms with Crippen LogP contribution >= 0.6 is 11.6 Å². The number of ether oxygens (including phenoxy) is 2. The van der Waals surface area contributed by atoms with Crippen molar-refractivity contribution < 1.29 is 19.1 Å². The predicted molar refractivity (Wildman–Crippen MR) is 113 cm³/mol. The van der Waals surface area contributed by atoms with Crippen LogP contribution in [0.5, 0.6) is 5.75 Å². The number of hydrogen-bond acceptors (Lipinski definition) is 5. The molecule has 1 heterocycles. The van der Waals surface area contributed by atoms with Gasteiger partial charge in [0.05, 0.1) is 32.0 Å². The number of methoxy groups -OCH3 is 2. The number of rotatable bonds is 7. The molecule has 0 aliphatic carbocycles. The second-order valence-electron chi connectivity index (χ2n) is 6.60. The molecule has 0 aliphatic rings. The molecule has 0 aliphatic heterocycles. The van der Waals surface area contributed by atoms with Crippen LogP contribution in [0.2, 0.25) is 5.15 Å². The number of nitrogens with one attached hydrogen (secondary N) is 1. The van der Waals surface area contributed by atoms with Gasteiger partial charge in [0.25, 0.3) is 5.91 Å². The van der Waals surface area contributed by atoms with Crippen LogP contribution in [-0.4, -0.2) is 35.9 Å². The van der Waals surface area contributed by atoms with Crippen molar-refractivity contribution >= 4 is 23.5 Å². The zero-order chi connectivity index (χ0) is 21.7. The molecule has 3 rings (SSSR count). The molecule has 7 nitrogen and oxygen atoms in total. The molecule has 30 heavy (non-hydrogen) atoms. The second-order valence-corrected chi connectivity index (χ2v) is 6.96. The molecule has 8 heteroatoms. The number of carbonyl (C=O) groups is 2. The van der Waals surface area contributed by atoms with Gasteiger partial charge < -0.3 is 14.8 Å². The molecule has 1 amide bonds. The van der Waals surface area contributed by atoms with Crippen LogP contribution in [0.1, 0.15) is 37.5 Å². The summed E-state index contributed by atoms with van der Waals surface area (Å²) >= 11 is 6.44. The van der Waals surface area contributed by atoms with E-state index in [1.165, 1.54) is 14.2 Å². The van der Waals surface area contributed by atoms with Gasteiger partial charge in [-0.15, -0.1) is 0 Å². The largest absolute Gasteiger partial charge is 0.496 e. The van der Waals surface area contributed by atoms with Gasteiger partial charge in [-0.1, -0.05) is 48.0 Å². The molecule has 156 valence electrons. The quantitative estimate of drug-likeness (QED) is 0.582. The Morgan fingerprint density at radius 2 is 1.83 bits per heavy atom. The van der Waals surface area contributed by atoms with Crippen LogP contribution in [0.4, 0.5) is 0 Å². The number of aryl methyl sites for hydroxylation is 1. The van der Waals surface area contributed by atoms with Gasteiger partial charge in [-0.3, -0.25) is 4.79 Å². The lowest BCUT2D eigenvalue weighted by molar-refractivity contribution is 0.0597. The smallest absolute Gasteiger partial charge is 0.341 e. The van der Waals surface area contributed by atoms with E-state index in [0.717, 1.165) is 11.1 Å². The monoisotopic (exact) mass is 427 g/mol. The molecule has 0 radical (unpaired) electrons. The molecule has 3 aromatic rings. The van der Waals surface area contributed by atoms with E-state index in [1.54, 1.807) is 29.8 Å². The maximum absolute atomic E-state index is 12.8. The Hall–Kier alpha value is -3.32. The first-order valence-corrected chi connectivity index (χ1v) is 9.62. The SMILES string of the molecule is COC(=O)c1cc(CNC(=O)c2c(C)nn(Cc3ccccc3)c2Cl)ccc1OC. The highest BCUT2D eigenvalue weighted by molar-refractivity contribution is 6.33. The van der Waals surface area contributed by atoms with Gasteiger partial charge in [0.1, 0.15) is 16.5 Å². The minimum absolute atomic E-state index is 0.201. The van der Waals surface area contributed by atoms with Gasteiger partial charge in [0.2, 0.25) is 0 Å². The van der Waals surface area contributed by atoms with E-state index < -0.39 is 5.97 Å². The first kappa shape index (κ1) is 21.4. The minimum atomic E-state index is -0.513. The molecule has 0 spiro atoms. The Morgan fingerprint density at radius 3 is 2.50 bits per heavy atom. The van der Waals surface area contributed by atoms with Crippen LogP contribution in [0, 0.1) is 6.92 Å². The molecule has 1 aromatic heterocycles. The molecule has 1 N–H and O–H groups in total. The fourth-order valence-corrected chi connectivity index (χ4v) is 3.40. The van der Waals surface area contributed by atoms with E-state index >= 15 is 0 Å². The first-order chi connectivity index (χ1) is 14.4. The van der Waals surface area contributed by atoms with Gasteiger partial charge in [-0.05, 0) is 30.2 Å². The van der Waals surface area contributed by atoms with Crippen molar-refractivity contribution in [2.24, 2.45) is 0 Å². The number of aromatic nitrogens is 2. The van der Waals surface area contributed by atoms with E-state index in [1.807, 2.05) is 30.3 Å². The Kier molecular flexibility index (Phi) is 6.74. The summed E-state index contributed by atoms with van der Waals surface area (Å²) in [7, 11) is 2.77. The third-order valence-electron chi connectivity index (χ3n) is 4.59. The maximum Gasteiger partial charge on any atom is 0.341 e. The van der Waals surface area contributed by atoms with E-state index in [2.05, 4.69) is 10.4 Å². The third kappa shape index (κ3) is 4.63. The van der Waals surface area contributed by atoms with Gasteiger partial charge in [-0.2, -0.15) is 5.10 Å². The van der Waals surface area contributed by atoms with E-state index in [9.17, 15) is 9.59 Å². The van der Waals surface area contributed by atoms with Crippen molar-refractivity contribution in [3.8, 4) is 5.75 Å². The lowest BCUT2D eigenvalue weighted by Gasteiger charge is -2.10. The molecule has 0 bridgehead atoms. The Morgan fingerprint density at radius 1 is 1.10 bits per heavy atom. The molecule has 0 atom stereocenters. The fourth-order valence-electron chi connectivity index (χ4n) is 3.08. The van der Waals surface area contributed by atoms with Gasteiger partial charge in [0, 0.05) is 6.54 Å². The predicted octanol–water partition coefficient (Wildman–Crippen LogP) is 3.62. The lowest BCUT2D eigenvalue weighted by Crippen LogP contribution is -2.23. The number of halogens is 1. The topological polar surface area (TPSA) is 82.5 Å². The Labute approximate surface area is 179 Å². The number of carbonyl (C=O) groups excluding carboxylic acids is 2. The highest BCUT2D eigenvalue weighted by atomic mass is 35.5. The van der Waals surface area contributed by atoms with Crippen LogP contribution in [0.15, 0.2) is 48.5 Å². The summed E-state index contributed by atoms with van der Waals surface area (Å²) in [5.74, 6) is -0.452. The first-order valence-electron chi connectivity index (χ1n) is 9.24. The van der Waals surface area contributed by atoms with E-state index in [-0.39, 0.29) is 23.2 Å². The second kappa shape index (κ2) is 9.45. The minimum Gasteiger partial charge on any atom is -0.496 e. The molecule has 2 aromatic carbocycles. The summed E-state index contributed by atoms with van der Waals surface area (Å²) < 4.78 is 11.6. The fraction of sp³-hybridized carbons (Fsp3) is 0.227. The summed E-state index contributed by atoms with van der Waals surface area (Å²) in [6, 6.07) is 14.8. The summed E-state index contributed by atoms with van der Waals surface area (Å²) in [6.07, 6.45) is 0. The van der Waals surface area contributed by atoms with Crippen LogP contribution < -0.4 is 10.1 Å². The normalized spacial score (nSPS) is 10.5. The third-order valence-corrected chi connectivity index (χ3v) is 4.97. The van der Waals surface area contributed by atoms with Crippen molar-refractivity contribution in [2.75, 3.05) is 14.2 Å².